The van der Waals surface area contributed by atoms with Gasteiger partial charge in [-0.1, -0.05) is 40.3 Å². The van der Waals surface area contributed by atoms with Crippen LogP contribution in [0.3, 0.4) is 0 Å². The smallest absolute Gasteiger partial charge is 0.324 e. The average molecular weight is 1020 g/mol. The number of carbonyl (C=O) groups is 5. The van der Waals surface area contributed by atoms with Crippen molar-refractivity contribution in [1.82, 2.24) is 45.0 Å². The third-order valence-electron chi connectivity index (χ3n) is 16.2. The van der Waals surface area contributed by atoms with Crippen molar-refractivity contribution in [2.45, 2.75) is 131 Å². The number of likely N-dealkylation sites (tertiary alicyclic amines) is 2. The maximum atomic E-state index is 15.2. The lowest BCUT2D eigenvalue weighted by Gasteiger charge is -2.54. The summed E-state index contributed by atoms with van der Waals surface area (Å²) in [4.78, 5) is 86.2. The number of ether oxygens (including phenoxy) is 2. The first-order chi connectivity index (χ1) is 34.8. The molecule has 1 aliphatic carbocycles. The van der Waals surface area contributed by atoms with E-state index in [1.165, 1.54) is 11.3 Å². The highest BCUT2D eigenvalue weighted by Crippen LogP contribution is 2.44. The molecule has 16 nitrogen and oxygen atoms in total. The Morgan fingerprint density at radius 3 is 2.47 bits per heavy atom. The summed E-state index contributed by atoms with van der Waals surface area (Å²) in [5.74, 6) is -1.86. The molecule has 5 amide bonds. The van der Waals surface area contributed by atoms with Crippen LogP contribution in [0.15, 0.2) is 54.1 Å². The summed E-state index contributed by atoms with van der Waals surface area (Å²) in [6, 6.07) is 8.27. The van der Waals surface area contributed by atoms with Crippen LogP contribution in [0.25, 0.3) is 33.4 Å². The van der Waals surface area contributed by atoms with E-state index in [0.29, 0.717) is 64.1 Å². The van der Waals surface area contributed by atoms with E-state index in [-0.39, 0.29) is 60.1 Å². The van der Waals surface area contributed by atoms with Gasteiger partial charge in [0.05, 0.1) is 40.7 Å². The number of urea groups is 1. The van der Waals surface area contributed by atoms with E-state index in [1.54, 1.807) is 37.2 Å². The Balaban J connectivity index is 1.03. The number of methoxy groups -OCH3 is 1. The third-order valence-corrected chi connectivity index (χ3v) is 17.0. The fourth-order valence-corrected chi connectivity index (χ4v) is 12.8. The zero-order valence-corrected chi connectivity index (χ0v) is 45.1. The number of piperidine rings is 1. The topological polar surface area (TPSA) is 172 Å². The summed E-state index contributed by atoms with van der Waals surface area (Å²) < 4.78 is 14.4. The van der Waals surface area contributed by atoms with Gasteiger partial charge in [-0.2, -0.15) is 0 Å². The summed E-state index contributed by atoms with van der Waals surface area (Å²) in [5.41, 5.74) is 10.1. The van der Waals surface area contributed by atoms with Gasteiger partial charge in [-0.25, -0.2) is 15.2 Å². The molecule has 2 unspecified atom stereocenters. The molecule has 392 valence electrons. The van der Waals surface area contributed by atoms with Gasteiger partial charge in [0.1, 0.15) is 12.1 Å². The normalized spacial score (nSPS) is 22.3. The van der Waals surface area contributed by atoms with Gasteiger partial charge in [0.25, 0.3) is 0 Å². The molecule has 6 bridgehead atoms. The quantitative estimate of drug-likeness (QED) is 0.112. The van der Waals surface area contributed by atoms with Gasteiger partial charge in [-0.05, 0) is 107 Å². The first kappa shape index (κ1) is 52.2. The first-order valence-corrected chi connectivity index (χ1v) is 27.3. The van der Waals surface area contributed by atoms with E-state index in [1.807, 2.05) is 36.6 Å². The lowest BCUT2D eigenvalue weighted by molar-refractivity contribution is -0.156. The zero-order valence-electron chi connectivity index (χ0n) is 44.3. The van der Waals surface area contributed by atoms with Crippen molar-refractivity contribution in [3.8, 4) is 22.5 Å². The number of aryl methyl sites for hydroxylation is 1. The Bertz CT molecular complexity index is 2760. The van der Waals surface area contributed by atoms with Crippen LogP contribution >= 0.6 is 11.3 Å². The van der Waals surface area contributed by atoms with Crippen molar-refractivity contribution in [3.05, 3.63) is 70.3 Å². The monoisotopic (exact) mass is 1020 g/mol. The molecular formula is C56H75N9O7S. The molecule has 1 aromatic carbocycles. The molecule has 0 radical (unpaired) electrons. The highest BCUT2D eigenvalue weighted by Gasteiger charge is 2.49. The van der Waals surface area contributed by atoms with Crippen LogP contribution in [-0.4, -0.2) is 136 Å². The van der Waals surface area contributed by atoms with E-state index < -0.39 is 35.4 Å². The minimum absolute atomic E-state index is 0.00150. The zero-order chi connectivity index (χ0) is 52.1. The molecule has 4 fully saturated rings. The van der Waals surface area contributed by atoms with E-state index in [9.17, 15) is 19.2 Å². The third kappa shape index (κ3) is 10.6. The van der Waals surface area contributed by atoms with Crippen LogP contribution in [0.4, 0.5) is 4.79 Å². The Labute approximate surface area is 434 Å². The highest BCUT2D eigenvalue weighted by molar-refractivity contribution is 7.10. The maximum Gasteiger partial charge on any atom is 0.324 e. The Kier molecular flexibility index (Phi) is 15.0. The van der Waals surface area contributed by atoms with Crippen molar-refractivity contribution in [1.29, 1.82) is 0 Å². The minimum atomic E-state index is -0.801. The van der Waals surface area contributed by atoms with Crippen LogP contribution in [0, 0.1) is 28.6 Å². The van der Waals surface area contributed by atoms with Crippen molar-refractivity contribution in [3.63, 3.8) is 0 Å². The number of esters is 1. The molecule has 1 spiro atoms. The van der Waals surface area contributed by atoms with Crippen LogP contribution in [-0.2, 0) is 48.0 Å². The lowest BCUT2D eigenvalue weighted by atomic mass is 9.72. The number of amides is 5. The van der Waals surface area contributed by atoms with Gasteiger partial charge >= 0.3 is 12.0 Å². The van der Waals surface area contributed by atoms with Gasteiger partial charge in [0, 0.05) is 116 Å². The number of hydrogen-bond donors (Lipinski definition) is 2. The number of fused-ring (bicyclic) bond motifs is 6. The number of hydrogen-bond acceptors (Lipinski definition) is 11. The van der Waals surface area contributed by atoms with Crippen molar-refractivity contribution < 1.29 is 33.4 Å². The predicted octanol–water partition coefficient (Wildman–Crippen LogP) is 7.81. The van der Waals surface area contributed by atoms with E-state index in [4.69, 9.17) is 19.4 Å². The van der Waals surface area contributed by atoms with Crippen LogP contribution in [0.2, 0.25) is 0 Å². The Morgan fingerprint density at radius 1 is 1.05 bits per heavy atom. The molecule has 3 aromatic heterocycles. The van der Waals surface area contributed by atoms with E-state index >= 15 is 4.79 Å². The van der Waals surface area contributed by atoms with Gasteiger partial charge < -0.3 is 34.1 Å². The van der Waals surface area contributed by atoms with Crippen LogP contribution < -0.4 is 10.7 Å². The molecule has 2 N–H and O–H groups in total. The van der Waals surface area contributed by atoms with Crippen molar-refractivity contribution in [2.24, 2.45) is 28.6 Å². The fraction of sp³-hybridized carbons (Fsp3) is 0.589. The second kappa shape index (κ2) is 20.9. The summed E-state index contributed by atoms with van der Waals surface area (Å²) >= 11 is 1.50. The number of thiazole rings is 1. The second-order valence-corrected chi connectivity index (χ2v) is 23.6. The summed E-state index contributed by atoms with van der Waals surface area (Å²) in [6.07, 6.45) is 6.76. The SMILES string of the molecule is C=C(C)C(=O)N1CC2(CCN(C(=O)N(C)[C@H](C(=O)NC(C3CC3)C3Cc4nc(cs4)-c4ccc5c(c4)c(c(-c4cccnc4[C@H](C)OC)n5CC)CC(C)(C)COC(=O)[C@@H]4CCCN(N4)C3=O)C(C)C)CC2)C1. The molecule has 3 saturated heterocycles. The molecule has 73 heavy (non-hydrogen) atoms. The molecular weight excluding hydrogens is 943 g/mol. The molecule has 5 aliphatic rings. The largest absolute Gasteiger partial charge is 0.464 e. The summed E-state index contributed by atoms with van der Waals surface area (Å²) in [6.45, 7) is 21.5. The van der Waals surface area contributed by atoms with Crippen LogP contribution in [0.5, 0.6) is 0 Å². The van der Waals surface area contributed by atoms with Gasteiger partial charge in [0.15, 0.2) is 0 Å². The molecule has 1 saturated carbocycles. The number of rotatable bonds is 11. The number of hydrazine groups is 1. The first-order valence-electron chi connectivity index (χ1n) is 26.4. The van der Waals surface area contributed by atoms with Gasteiger partial charge in [-0.15, -0.1) is 11.3 Å². The number of nitrogens with one attached hydrogen (secondary N) is 2. The Hall–Kier alpha value is -5.65. The summed E-state index contributed by atoms with van der Waals surface area (Å²) in [5, 5.41) is 8.84. The number of cyclic esters (lactones) is 1. The number of carbonyl (C=O) groups excluding carboxylic acids is 5. The average Bonchev–Trinajstić information content (AvgIpc) is 4.04. The Morgan fingerprint density at radius 2 is 1.79 bits per heavy atom. The molecule has 5 atom stereocenters. The van der Waals surface area contributed by atoms with Crippen molar-refractivity contribution in [2.75, 3.05) is 53.5 Å². The molecule has 17 heteroatoms. The molecule has 4 aromatic rings. The number of aromatic nitrogens is 3. The number of nitrogens with zero attached hydrogens (tertiary/aromatic N) is 7. The second-order valence-electron chi connectivity index (χ2n) is 22.7. The van der Waals surface area contributed by atoms with Crippen molar-refractivity contribution >= 4 is 52.0 Å². The minimum Gasteiger partial charge on any atom is -0.464 e. The molecule has 7 heterocycles. The molecule has 9 rings (SSSR count). The number of likely N-dealkylation sites (N-methyl/N-ethyl adjacent to an activating group) is 1. The van der Waals surface area contributed by atoms with E-state index in [0.717, 1.165) is 75.4 Å². The maximum absolute atomic E-state index is 15.2. The fourth-order valence-electron chi connectivity index (χ4n) is 11.9. The van der Waals surface area contributed by atoms with E-state index in [2.05, 4.69) is 72.3 Å². The highest BCUT2D eigenvalue weighted by atomic mass is 32.1. The number of pyridine rings is 1. The van der Waals surface area contributed by atoms with Gasteiger partial charge in [0.2, 0.25) is 17.7 Å². The summed E-state index contributed by atoms with van der Waals surface area (Å²) in [7, 11) is 3.40. The van der Waals surface area contributed by atoms with Gasteiger partial charge in [-0.3, -0.25) is 29.2 Å². The lowest BCUT2D eigenvalue weighted by Crippen LogP contribution is -2.64. The predicted molar refractivity (Wildman–Crippen MR) is 282 cm³/mol. The number of benzene rings is 1. The molecule has 4 aliphatic heterocycles. The van der Waals surface area contributed by atoms with Crippen LogP contribution in [0.1, 0.15) is 109 Å². The standard InChI is InChI=1S/C56H75N9O7S/c1-11-64-44-19-18-37-26-39(44)41(49(64)38-14-12-22-57-46(38)35(6)71-10)28-55(7,8)32-72-53(69)42-15-13-23-65(60-42)52(68)40(27-45-58-43(37)29-73-45)47(36-16-17-36)59-50(66)48(33(2)3)61(9)54(70)62-24-20-56(21-25-62)30-63(31-56)51(67)34(4)5/h12,14,18-19,22,26,29,33,35-36,40,42,47-48,60H,4,11,13,15-17,20-21,23-25,27-28,30-32H2,1-3,5-10H3,(H,59,66)/t35-,40?,42-,47?,48-/m0/s1.